The van der Waals surface area contributed by atoms with Crippen molar-refractivity contribution in [2.75, 3.05) is 19.8 Å². The minimum absolute atomic E-state index is 0.0904. The van der Waals surface area contributed by atoms with Gasteiger partial charge in [0.1, 0.15) is 6.04 Å². The van der Waals surface area contributed by atoms with E-state index in [4.69, 9.17) is 9.84 Å². The summed E-state index contributed by atoms with van der Waals surface area (Å²) < 4.78 is 5.35. The molecule has 0 aliphatic carbocycles. The lowest BCUT2D eigenvalue weighted by Crippen LogP contribution is -2.42. The van der Waals surface area contributed by atoms with E-state index in [1.165, 1.54) is 0 Å². The highest BCUT2D eigenvalue weighted by molar-refractivity contribution is 5.73. The van der Waals surface area contributed by atoms with Crippen molar-refractivity contribution in [3.63, 3.8) is 0 Å². The summed E-state index contributed by atoms with van der Waals surface area (Å²) in [7, 11) is 0. The molecule has 0 radical (unpaired) electrons. The molecule has 1 atom stereocenters. The van der Waals surface area contributed by atoms with Gasteiger partial charge in [-0.15, -0.1) is 0 Å². The predicted molar refractivity (Wildman–Crippen MR) is 59.9 cm³/mol. The van der Waals surface area contributed by atoms with Crippen LogP contribution in [-0.2, 0) is 9.53 Å². The molecule has 0 aliphatic rings. The average molecular weight is 217 g/mol. The van der Waals surface area contributed by atoms with Crippen molar-refractivity contribution in [1.29, 1.82) is 0 Å². The van der Waals surface area contributed by atoms with E-state index in [-0.39, 0.29) is 5.92 Å². The summed E-state index contributed by atoms with van der Waals surface area (Å²) in [5.74, 6) is -0.188. The van der Waals surface area contributed by atoms with Gasteiger partial charge in [-0.3, -0.25) is 4.79 Å². The molecule has 1 unspecified atom stereocenters. The van der Waals surface area contributed by atoms with Gasteiger partial charge in [-0.25, -0.2) is 0 Å². The number of carbonyl (C=O) groups is 1. The van der Waals surface area contributed by atoms with Crippen LogP contribution in [0.5, 0.6) is 0 Å². The molecule has 0 bridgehead atoms. The molecular weight excluding hydrogens is 194 g/mol. The molecule has 90 valence electrons. The third-order valence-electron chi connectivity index (χ3n) is 1.99. The Kier molecular flexibility index (Phi) is 7.34. The fourth-order valence-corrected chi connectivity index (χ4v) is 1.21. The topological polar surface area (TPSA) is 58.6 Å². The van der Waals surface area contributed by atoms with Crippen LogP contribution in [0.4, 0.5) is 0 Å². The zero-order valence-electron chi connectivity index (χ0n) is 10.1. The molecule has 0 fully saturated rings. The van der Waals surface area contributed by atoms with Crippen molar-refractivity contribution in [3.8, 4) is 0 Å². The van der Waals surface area contributed by atoms with Gasteiger partial charge >= 0.3 is 5.97 Å². The van der Waals surface area contributed by atoms with Crippen molar-refractivity contribution >= 4 is 5.97 Å². The molecule has 15 heavy (non-hydrogen) atoms. The standard InChI is InChI=1S/C11H23NO3/c1-8(2)7-15-6-5-12-10(9(3)4)11(13)14/h8-10,12H,5-7H2,1-4H3,(H,13,14). The third-order valence-corrected chi connectivity index (χ3v) is 1.99. The summed E-state index contributed by atoms with van der Waals surface area (Å²) >= 11 is 0. The van der Waals surface area contributed by atoms with E-state index in [0.29, 0.717) is 19.1 Å². The normalized spacial score (nSPS) is 13.5. The number of carboxylic acids is 1. The smallest absolute Gasteiger partial charge is 0.320 e. The predicted octanol–water partition coefficient (Wildman–Crippen LogP) is 1.36. The molecule has 0 aliphatic heterocycles. The lowest BCUT2D eigenvalue weighted by atomic mass is 10.1. The number of carboxylic acid groups (broad SMARTS) is 1. The number of hydrogen-bond acceptors (Lipinski definition) is 3. The molecule has 4 heteroatoms. The molecule has 2 N–H and O–H groups in total. The summed E-state index contributed by atoms with van der Waals surface area (Å²) in [6.07, 6.45) is 0. The zero-order chi connectivity index (χ0) is 11.8. The second-order valence-corrected chi connectivity index (χ2v) is 4.48. The summed E-state index contributed by atoms with van der Waals surface area (Å²) in [4.78, 5) is 10.8. The van der Waals surface area contributed by atoms with Crippen molar-refractivity contribution in [2.45, 2.75) is 33.7 Å². The molecular formula is C11H23NO3. The minimum Gasteiger partial charge on any atom is -0.480 e. The average Bonchev–Trinajstić information content (AvgIpc) is 2.08. The molecule has 0 aromatic rings. The van der Waals surface area contributed by atoms with Gasteiger partial charge in [0.2, 0.25) is 0 Å². The fourth-order valence-electron chi connectivity index (χ4n) is 1.21. The molecule has 0 aromatic carbocycles. The van der Waals surface area contributed by atoms with Gasteiger partial charge in [0.15, 0.2) is 0 Å². The van der Waals surface area contributed by atoms with E-state index in [1.54, 1.807) is 0 Å². The van der Waals surface area contributed by atoms with Gasteiger partial charge in [0.05, 0.1) is 6.61 Å². The Morgan fingerprint density at radius 1 is 1.33 bits per heavy atom. The number of hydrogen-bond donors (Lipinski definition) is 2. The van der Waals surface area contributed by atoms with E-state index in [9.17, 15) is 4.79 Å². The second-order valence-electron chi connectivity index (χ2n) is 4.48. The Bertz CT molecular complexity index is 181. The summed E-state index contributed by atoms with van der Waals surface area (Å²) in [5.41, 5.74) is 0. The fraction of sp³-hybridized carbons (Fsp3) is 0.909. The van der Waals surface area contributed by atoms with Crippen LogP contribution >= 0.6 is 0 Å². The lowest BCUT2D eigenvalue weighted by molar-refractivity contribution is -0.140. The Morgan fingerprint density at radius 2 is 1.93 bits per heavy atom. The zero-order valence-corrected chi connectivity index (χ0v) is 10.1. The number of aliphatic carboxylic acids is 1. The Labute approximate surface area is 92.0 Å². The monoisotopic (exact) mass is 217 g/mol. The maximum Gasteiger partial charge on any atom is 0.320 e. The highest BCUT2D eigenvalue weighted by Crippen LogP contribution is 2.01. The van der Waals surface area contributed by atoms with Gasteiger partial charge in [0.25, 0.3) is 0 Å². The van der Waals surface area contributed by atoms with Gasteiger partial charge in [0, 0.05) is 13.2 Å². The largest absolute Gasteiger partial charge is 0.480 e. The van der Waals surface area contributed by atoms with Crippen LogP contribution in [0.2, 0.25) is 0 Å². The van der Waals surface area contributed by atoms with Crippen LogP contribution in [0, 0.1) is 11.8 Å². The molecule has 0 amide bonds. The van der Waals surface area contributed by atoms with Crippen molar-refractivity contribution in [2.24, 2.45) is 11.8 Å². The van der Waals surface area contributed by atoms with Gasteiger partial charge in [-0.05, 0) is 11.8 Å². The summed E-state index contributed by atoms with van der Waals surface area (Å²) in [6.45, 7) is 9.82. The van der Waals surface area contributed by atoms with E-state index in [0.717, 1.165) is 6.61 Å². The number of rotatable bonds is 8. The molecule has 4 nitrogen and oxygen atoms in total. The Morgan fingerprint density at radius 3 is 2.33 bits per heavy atom. The highest BCUT2D eigenvalue weighted by Gasteiger charge is 2.19. The lowest BCUT2D eigenvalue weighted by Gasteiger charge is -2.17. The SMILES string of the molecule is CC(C)COCCNC(C(=O)O)C(C)C. The maximum absolute atomic E-state index is 10.8. The molecule has 0 saturated heterocycles. The molecule has 0 rings (SSSR count). The second kappa shape index (κ2) is 7.65. The van der Waals surface area contributed by atoms with Gasteiger partial charge in [-0.1, -0.05) is 27.7 Å². The summed E-state index contributed by atoms with van der Waals surface area (Å²) in [5, 5.41) is 11.9. The van der Waals surface area contributed by atoms with Crippen LogP contribution < -0.4 is 5.32 Å². The number of nitrogens with one attached hydrogen (secondary N) is 1. The first-order chi connectivity index (χ1) is 6.95. The maximum atomic E-state index is 10.8. The molecule has 0 saturated carbocycles. The van der Waals surface area contributed by atoms with Crippen LogP contribution in [0.1, 0.15) is 27.7 Å². The first kappa shape index (κ1) is 14.4. The number of ether oxygens (including phenoxy) is 1. The molecule has 0 aromatic heterocycles. The Hall–Kier alpha value is -0.610. The minimum atomic E-state index is -0.797. The van der Waals surface area contributed by atoms with E-state index in [2.05, 4.69) is 19.2 Å². The highest BCUT2D eigenvalue weighted by atomic mass is 16.5. The van der Waals surface area contributed by atoms with Gasteiger partial charge in [-0.2, -0.15) is 0 Å². The molecule has 0 heterocycles. The van der Waals surface area contributed by atoms with Crippen LogP contribution in [-0.4, -0.2) is 36.9 Å². The first-order valence-corrected chi connectivity index (χ1v) is 5.49. The van der Waals surface area contributed by atoms with Crippen LogP contribution in [0.15, 0.2) is 0 Å². The third kappa shape index (κ3) is 7.33. The van der Waals surface area contributed by atoms with Crippen molar-refractivity contribution in [1.82, 2.24) is 5.32 Å². The van der Waals surface area contributed by atoms with Crippen molar-refractivity contribution in [3.05, 3.63) is 0 Å². The van der Waals surface area contributed by atoms with Crippen LogP contribution in [0.25, 0.3) is 0 Å². The van der Waals surface area contributed by atoms with Gasteiger partial charge < -0.3 is 15.2 Å². The van der Waals surface area contributed by atoms with E-state index < -0.39 is 12.0 Å². The van der Waals surface area contributed by atoms with Crippen molar-refractivity contribution < 1.29 is 14.6 Å². The molecule has 0 spiro atoms. The van der Waals surface area contributed by atoms with E-state index >= 15 is 0 Å². The first-order valence-electron chi connectivity index (χ1n) is 5.49. The van der Waals surface area contributed by atoms with E-state index in [1.807, 2.05) is 13.8 Å². The van der Waals surface area contributed by atoms with Crippen LogP contribution in [0.3, 0.4) is 0 Å². The summed E-state index contributed by atoms with van der Waals surface area (Å²) in [6, 6.07) is -0.479. The quantitative estimate of drug-likeness (QED) is 0.603. The Balaban J connectivity index is 3.59.